The first kappa shape index (κ1) is 13.4. The average Bonchev–Trinajstić information content (AvgIpc) is 2.89. The molecule has 98 valence electrons. The molecule has 1 aliphatic rings. The van der Waals surface area contributed by atoms with Crippen molar-refractivity contribution in [2.75, 3.05) is 6.26 Å². The van der Waals surface area contributed by atoms with E-state index >= 15 is 0 Å². The van der Waals surface area contributed by atoms with Gasteiger partial charge in [-0.15, -0.1) is 0 Å². The second-order valence-corrected chi connectivity index (χ2v) is 6.25. The quantitative estimate of drug-likeness (QED) is 0.862. The van der Waals surface area contributed by atoms with E-state index in [1.807, 2.05) is 24.3 Å². The fraction of sp³-hybridized carbons (Fsp3) is 0.0667. The van der Waals surface area contributed by atoms with Crippen molar-refractivity contribution < 1.29 is 13.5 Å². The maximum absolute atomic E-state index is 11.3. The molecule has 1 aliphatic carbocycles. The van der Waals surface area contributed by atoms with Crippen LogP contribution in [0.2, 0.25) is 0 Å². The summed E-state index contributed by atoms with van der Waals surface area (Å²) < 4.78 is 22.6. The Morgan fingerprint density at radius 1 is 1.11 bits per heavy atom. The summed E-state index contributed by atoms with van der Waals surface area (Å²) in [5, 5.41) is 9.79. The van der Waals surface area contributed by atoms with Crippen LogP contribution in [0.5, 0.6) is 0 Å². The SMILES string of the molecule is CS(=O)(=O)c1ccc(C=CC(O)=C2C=CC=C2)cc1. The molecule has 0 aromatic heterocycles. The predicted octanol–water partition coefficient (Wildman–Crippen LogP) is 3.04. The number of hydrogen-bond acceptors (Lipinski definition) is 3. The van der Waals surface area contributed by atoms with Crippen molar-refractivity contribution in [1.29, 1.82) is 0 Å². The molecule has 1 N–H and O–H groups in total. The summed E-state index contributed by atoms with van der Waals surface area (Å²) in [7, 11) is -3.17. The predicted molar refractivity (Wildman–Crippen MR) is 76.5 cm³/mol. The zero-order valence-electron chi connectivity index (χ0n) is 10.4. The standard InChI is InChI=1S/C15H14O3S/c1-19(17,18)14-9-6-12(7-10-14)8-11-15(16)13-4-2-3-5-13/h2-11,16H,1H3. The Bertz CT molecular complexity index is 673. The Hall–Kier alpha value is -2.07. The van der Waals surface area contributed by atoms with Gasteiger partial charge in [0.25, 0.3) is 0 Å². The third kappa shape index (κ3) is 3.45. The van der Waals surface area contributed by atoms with E-state index in [0.29, 0.717) is 0 Å². The molecule has 0 aliphatic heterocycles. The molecule has 0 fully saturated rings. The van der Waals surface area contributed by atoms with E-state index in [9.17, 15) is 13.5 Å². The van der Waals surface area contributed by atoms with Crippen LogP contribution < -0.4 is 0 Å². The first-order valence-corrected chi connectivity index (χ1v) is 7.62. The Labute approximate surface area is 112 Å². The maximum atomic E-state index is 11.3. The molecule has 0 atom stereocenters. The number of hydrogen-bond donors (Lipinski definition) is 1. The number of rotatable bonds is 3. The molecule has 0 unspecified atom stereocenters. The highest BCUT2D eigenvalue weighted by Crippen LogP contribution is 2.15. The molecule has 4 heteroatoms. The van der Waals surface area contributed by atoms with Gasteiger partial charge in [0, 0.05) is 11.8 Å². The Balaban J connectivity index is 2.19. The highest BCUT2D eigenvalue weighted by molar-refractivity contribution is 7.90. The van der Waals surface area contributed by atoms with Crippen molar-refractivity contribution in [3.8, 4) is 0 Å². The van der Waals surface area contributed by atoms with Crippen LogP contribution in [-0.4, -0.2) is 19.8 Å². The minimum atomic E-state index is -3.17. The van der Waals surface area contributed by atoms with Gasteiger partial charge in [0.1, 0.15) is 5.76 Å². The molecule has 0 heterocycles. The Morgan fingerprint density at radius 3 is 2.21 bits per heavy atom. The molecular formula is C15H14O3S. The highest BCUT2D eigenvalue weighted by Gasteiger charge is 2.05. The van der Waals surface area contributed by atoms with Crippen molar-refractivity contribution >= 4 is 15.9 Å². The molecule has 3 nitrogen and oxygen atoms in total. The lowest BCUT2D eigenvalue weighted by molar-refractivity contribution is 0.430. The van der Waals surface area contributed by atoms with E-state index in [4.69, 9.17) is 0 Å². The summed E-state index contributed by atoms with van der Waals surface area (Å²) >= 11 is 0. The minimum absolute atomic E-state index is 0.178. The topological polar surface area (TPSA) is 54.4 Å². The van der Waals surface area contributed by atoms with E-state index in [2.05, 4.69) is 0 Å². The fourth-order valence-corrected chi connectivity index (χ4v) is 2.27. The first-order valence-electron chi connectivity index (χ1n) is 5.73. The van der Waals surface area contributed by atoms with E-state index in [1.165, 1.54) is 6.26 Å². The van der Waals surface area contributed by atoms with Crippen LogP contribution in [0.3, 0.4) is 0 Å². The zero-order valence-corrected chi connectivity index (χ0v) is 11.3. The van der Waals surface area contributed by atoms with Crippen molar-refractivity contribution in [1.82, 2.24) is 0 Å². The average molecular weight is 274 g/mol. The molecular weight excluding hydrogens is 260 g/mol. The molecule has 0 amide bonds. The smallest absolute Gasteiger partial charge is 0.175 e. The van der Waals surface area contributed by atoms with Crippen LogP contribution in [0.15, 0.2) is 70.9 Å². The number of benzene rings is 1. The lowest BCUT2D eigenvalue weighted by atomic mass is 10.2. The number of aliphatic hydroxyl groups excluding tert-OH is 1. The number of allylic oxidation sites excluding steroid dienone is 6. The lowest BCUT2D eigenvalue weighted by Crippen LogP contribution is -1.96. The zero-order chi connectivity index (χ0) is 13.9. The Morgan fingerprint density at radius 2 is 1.68 bits per heavy atom. The highest BCUT2D eigenvalue weighted by atomic mass is 32.2. The molecule has 0 bridgehead atoms. The molecule has 0 radical (unpaired) electrons. The Kier molecular flexibility index (Phi) is 3.71. The van der Waals surface area contributed by atoms with Gasteiger partial charge in [0.05, 0.1) is 4.90 Å². The number of aliphatic hydroxyl groups is 1. The summed E-state index contributed by atoms with van der Waals surface area (Å²) in [6.45, 7) is 0. The fourth-order valence-electron chi connectivity index (χ4n) is 1.64. The molecule has 1 aromatic rings. The molecule has 1 aromatic carbocycles. The third-order valence-corrected chi connectivity index (χ3v) is 3.83. The van der Waals surface area contributed by atoms with Crippen molar-refractivity contribution in [2.24, 2.45) is 0 Å². The molecule has 0 saturated carbocycles. The van der Waals surface area contributed by atoms with Crippen molar-refractivity contribution in [3.05, 3.63) is 71.5 Å². The minimum Gasteiger partial charge on any atom is -0.507 e. The van der Waals surface area contributed by atoms with Gasteiger partial charge in [-0.2, -0.15) is 0 Å². The lowest BCUT2D eigenvalue weighted by Gasteiger charge is -1.99. The van der Waals surface area contributed by atoms with Gasteiger partial charge in [-0.1, -0.05) is 42.5 Å². The summed E-state index contributed by atoms with van der Waals surface area (Å²) in [6, 6.07) is 6.50. The van der Waals surface area contributed by atoms with Crippen LogP contribution in [0.4, 0.5) is 0 Å². The normalized spacial score (nSPS) is 14.5. The molecule has 2 rings (SSSR count). The van der Waals surface area contributed by atoms with Crippen molar-refractivity contribution in [3.63, 3.8) is 0 Å². The molecule has 0 saturated heterocycles. The largest absolute Gasteiger partial charge is 0.507 e. The molecule has 0 spiro atoms. The molecule has 19 heavy (non-hydrogen) atoms. The van der Waals surface area contributed by atoms with Gasteiger partial charge in [-0.25, -0.2) is 8.42 Å². The van der Waals surface area contributed by atoms with Crippen LogP contribution in [0, 0.1) is 0 Å². The second kappa shape index (κ2) is 5.28. The van der Waals surface area contributed by atoms with Crippen LogP contribution in [0.25, 0.3) is 6.08 Å². The van der Waals surface area contributed by atoms with Gasteiger partial charge in [0.2, 0.25) is 0 Å². The van der Waals surface area contributed by atoms with Crippen molar-refractivity contribution in [2.45, 2.75) is 4.90 Å². The summed E-state index contributed by atoms with van der Waals surface area (Å²) in [4.78, 5) is 0.286. The van der Waals surface area contributed by atoms with Gasteiger partial charge < -0.3 is 5.11 Å². The van der Waals surface area contributed by atoms with E-state index in [0.717, 1.165) is 11.1 Å². The van der Waals surface area contributed by atoms with Gasteiger partial charge in [-0.05, 0) is 23.8 Å². The summed E-state index contributed by atoms with van der Waals surface area (Å²) in [5.74, 6) is 0.178. The monoisotopic (exact) mass is 274 g/mol. The van der Waals surface area contributed by atoms with Gasteiger partial charge in [-0.3, -0.25) is 0 Å². The first-order chi connectivity index (χ1) is 8.97. The number of sulfone groups is 1. The summed E-state index contributed by atoms with van der Waals surface area (Å²) in [6.07, 6.45) is 11.8. The van der Waals surface area contributed by atoms with Crippen LogP contribution in [-0.2, 0) is 9.84 Å². The maximum Gasteiger partial charge on any atom is 0.175 e. The van der Waals surface area contributed by atoms with Gasteiger partial charge >= 0.3 is 0 Å². The van der Waals surface area contributed by atoms with Gasteiger partial charge in [0.15, 0.2) is 9.84 Å². The van der Waals surface area contributed by atoms with E-state index in [-0.39, 0.29) is 10.7 Å². The second-order valence-electron chi connectivity index (χ2n) is 4.23. The van der Waals surface area contributed by atoms with Crippen LogP contribution >= 0.6 is 0 Å². The van der Waals surface area contributed by atoms with Crippen LogP contribution in [0.1, 0.15) is 5.56 Å². The summed E-state index contributed by atoms with van der Waals surface area (Å²) in [5.41, 5.74) is 1.58. The van der Waals surface area contributed by atoms with E-state index < -0.39 is 9.84 Å². The van der Waals surface area contributed by atoms with E-state index in [1.54, 1.807) is 36.4 Å². The third-order valence-electron chi connectivity index (χ3n) is 2.70.